The molecule has 0 saturated carbocycles. The van der Waals surface area contributed by atoms with Gasteiger partial charge in [-0.2, -0.15) is 0 Å². The number of pyridine rings is 1. The minimum absolute atomic E-state index is 0.235. The molecule has 0 bridgehead atoms. The number of halogens is 3. The van der Waals surface area contributed by atoms with Crippen LogP contribution in [0, 0.1) is 10.1 Å². The highest BCUT2D eigenvalue weighted by Gasteiger charge is 2.36. The molecule has 0 amide bonds. The predicted molar refractivity (Wildman–Crippen MR) is 59.8 cm³/mol. The van der Waals surface area contributed by atoms with Gasteiger partial charge in [-0.05, 0) is 0 Å². The van der Waals surface area contributed by atoms with Gasteiger partial charge in [-0.3, -0.25) is 14.9 Å². The normalized spacial score (nSPS) is 10.9. The van der Waals surface area contributed by atoms with Gasteiger partial charge in [0.25, 0.3) is 0 Å². The third-order valence-electron chi connectivity index (χ3n) is 2.18. The number of nitro groups is 1. The fourth-order valence-electron chi connectivity index (χ4n) is 1.33. The zero-order valence-electron chi connectivity index (χ0n) is 10.8. The summed E-state index contributed by atoms with van der Waals surface area (Å²) in [6, 6.07) is 0.687. The Labute approximate surface area is 115 Å². The van der Waals surface area contributed by atoms with Crippen LogP contribution in [0.25, 0.3) is 0 Å². The van der Waals surface area contributed by atoms with Crippen molar-refractivity contribution in [2.45, 2.75) is 12.8 Å². The van der Waals surface area contributed by atoms with Gasteiger partial charge < -0.3 is 14.2 Å². The van der Waals surface area contributed by atoms with Gasteiger partial charge >= 0.3 is 23.9 Å². The maximum absolute atomic E-state index is 12.2. The van der Waals surface area contributed by atoms with Crippen molar-refractivity contribution in [3.63, 3.8) is 0 Å². The van der Waals surface area contributed by atoms with Crippen LogP contribution < -0.4 is 9.47 Å². The number of hydrogen-bond donors (Lipinski definition) is 0. The summed E-state index contributed by atoms with van der Waals surface area (Å²) in [5.74, 6) is -2.33. The lowest BCUT2D eigenvalue weighted by Gasteiger charge is -2.12. The number of carbonyl (C=O) groups is 1. The van der Waals surface area contributed by atoms with Crippen LogP contribution in [0.1, 0.15) is 5.69 Å². The molecule has 1 aromatic rings. The molecular formula is C10H9F3N2O6. The van der Waals surface area contributed by atoms with Gasteiger partial charge in [0, 0.05) is 0 Å². The Morgan fingerprint density at radius 1 is 1.43 bits per heavy atom. The van der Waals surface area contributed by atoms with Crippen LogP contribution in [0.3, 0.4) is 0 Å². The lowest BCUT2D eigenvalue weighted by atomic mass is 10.2. The molecule has 0 aromatic carbocycles. The number of aromatic nitrogens is 1. The van der Waals surface area contributed by atoms with E-state index in [-0.39, 0.29) is 11.4 Å². The summed E-state index contributed by atoms with van der Waals surface area (Å²) in [5, 5.41) is 10.7. The van der Waals surface area contributed by atoms with Gasteiger partial charge in [-0.25, -0.2) is 4.98 Å². The first-order valence-electron chi connectivity index (χ1n) is 5.22. The van der Waals surface area contributed by atoms with Crippen molar-refractivity contribution in [2.75, 3.05) is 14.2 Å². The number of alkyl halides is 3. The lowest BCUT2D eigenvalue weighted by Crippen LogP contribution is -2.20. The van der Waals surface area contributed by atoms with Crippen LogP contribution >= 0.6 is 0 Å². The molecule has 0 unspecified atom stereocenters. The first-order chi connectivity index (χ1) is 9.67. The molecule has 1 aromatic heterocycles. The molecule has 8 nitrogen and oxygen atoms in total. The van der Waals surface area contributed by atoms with Gasteiger partial charge in [0.15, 0.2) is 0 Å². The van der Waals surface area contributed by atoms with E-state index in [0.717, 1.165) is 14.2 Å². The van der Waals surface area contributed by atoms with Crippen LogP contribution in [0.4, 0.5) is 18.9 Å². The zero-order valence-corrected chi connectivity index (χ0v) is 10.8. The summed E-state index contributed by atoms with van der Waals surface area (Å²) in [7, 11) is 2.18. The fourth-order valence-corrected chi connectivity index (χ4v) is 1.33. The molecule has 0 radical (unpaired) electrons. The van der Waals surface area contributed by atoms with Gasteiger partial charge in [-0.15, -0.1) is 13.2 Å². The van der Waals surface area contributed by atoms with Gasteiger partial charge in [0.05, 0.1) is 37.3 Å². The highest BCUT2D eigenvalue weighted by molar-refractivity contribution is 5.73. The van der Waals surface area contributed by atoms with Crippen LogP contribution in [-0.2, 0) is 16.0 Å². The molecule has 0 atom stereocenters. The van der Waals surface area contributed by atoms with E-state index in [1.54, 1.807) is 0 Å². The Morgan fingerprint density at radius 3 is 2.48 bits per heavy atom. The molecular weight excluding hydrogens is 301 g/mol. The van der Waals surface area contributed by atoms with Crippen molar-refractivity contribution in [1.29, 1.82) is 0 Å². The molecule has 1 rings (SSSR count). The van der Waals surface area contributed by atoms with Crippen molar-refractivity contribution in [3.05, 3.63) is 21.9 Å². The summed E-state index contributed by atoms with van der Waals surface area (Å²) in [6.45, 7) is 0. The standard InChI is InChI=1S/C10H9F3N2O6/c1-19-7-4-6(15(17)18)9(21-10(11,12)13)14-5(7)3-8(16)20-2/h4H,3H2,1-2H3. The first kappa shape index (κ1) is 16.5. The van der Waals surface area contributed by atoms with E-state index < -0.39 is 35.2 Å². The second-order valence-electron chi connectivity index (χ2n) is 3.52. The molecule has 11 heteroatoms. The third kappa shape index (κ3) is 4.47. The minimum Gasteiger partial charge on any atom is -0.495 e. The lowest BCUT2D eigenvalue weighted by molar-refractivity contribution is -0.389. The monoisotopic (exact) mass is 310 g/mol. The highest BCUT2D eigenvalue weighted by atomic mass is 19.4. The maximum atomic E-state index is 12.2. The Hall–Kier alpha value is -2.59. The first-order valence-corrected chi connectivity index (χ1v) is 5.22. The van der Waals surface area contributed by atoms with Crippen LogP contribution in [0.15, 0.2) is 6.07 Å². The number of rotatable bonds is 5. The number of hydrogen-bond acceptors (Lipinski definition) is 7. The van der Waals surface area contributed by atoms with E-state index >= 15 is 0 Å². The summed E-state index contributed by atoms with van der Waals surface area (Å²) < 4.78 is 49.2. The zero-order chi connectivity index (χ0) is 16.2. The van der Waals surface area contributed by atoms with Crippen molar-refractivity contribution in [3.8, 4) is 11.6 Å². The number of carbonyl (C=O) groups excluding carboxylic acids is 1. The number of methoxy groups -OCH3 is 2. The molecule has 0 aliphatic heterocycles. The topological polar surface area (TPSA) is 101 Å². The molecule has 116 valence electrons. The average Bonchev–Trinajstić information content (AvgIpc) is 2.36. The minimum atomic E-state index is -5.17. The SMILES string of the molecule is COC(=O)Cc1nc(OC(F)(F)F)c([N+](=O)[O-])cc1OC. The second kappa shape index (κ2) is 6.24. The molecule has 0 spiro atoms. The van der Waals surface area contributed by atoms with Gasteiger partial charge in [0.1, 0.15) is 5.75 Å². The van der Waals surface area contributed by atoms with Crippen LogP contribution in [-0.4, -0.2) is 36.5 Å². The number of ether oxygens (including phenoxy) is 3. The number of esters is 1. The molecule has 0 fully saturated rings. The van der Waals surface area contributed by atoms with E-state index in [1.807, 2.05) is 0 Å². The van der Waals surface area contributed by atoms with Crippen molar-refractivity contribution in [2.24, 2.45) is 0 Å². The van der Waals surface area contributed by atoms with Crippen LogP contribution in [0.5, 0.6) is 11.6 Å². The molecule has 0 aliphatic carbocycles. The quantitative estimate of drug-likeness (QED) is 0.462. The van der Waals surface area contributed by atoms with Crippen LogP contribution in [0.2, 0.25) is 0 Å². The third-order valence-corrected chi connectivity index (χ3v) is 2.18. The molecule has 21 heavy (non-hydrogen) atoms. The van der Waals surface area contributed by atoms with Gasteiger partial charge in [-0.1, -0.05) is 0 Å². The Morgan fingerprint density at radius 2 is 2.05 bits per heavy atom. The van der Waals surface area contributed by atoms with Gasteiger partial charge in [0.2, 0.25) is 0 Å². The Bertz CT molecular complexity index is 560. The average molecular weight is 310 g/mol. The van der Waals surface area contributed by atoms with Crippen molar-refractivity contribution >= 4 is 11.7 Å². The van der Waals surface area contributed by atoms with Crippen molar-refractivity contribution in [1.82, 2.24) is 4.98 Å². The Kier molecular flexibility index (Phi) is 4.89. The fraction of sp³-hybridized carbons (Fsp3) is 0.400. The van der Waals surface area contributed by atoms with E-state index in [0.29, 0.717) is 6.07 Å². The van der Waals surface area contributed by atoms with Crippen molar-refractivity contribution < 1.29 is 37.1 Å². The summed E-state index contributed by atoms with van der Waals surface area (Å²) in [6.07, 6.45) is -5.71. The largest absolute Gasteiger partial charge is 0.574 e. The van der Waals surface area contributed by atoms with E-state index in [4.69, 9.17) is 4.74 Å². The maximum Gasteiger partial charge on any atom is 0.574 e. The molecule has 0 N–H and O–H groups in total. The molecule has 1 heterocycles. The summed E-state index contributed by atoms with van der Waals surface area (Å²) in [4.78, 5) is 24.1. The highest BCUT2D eigenvalue weighted by Crippen LogP contribution is 2.34. The second-order valence-corrected chi connectivity index (χ2v) is 3.52. The predicted octanol–water partition coefficient (Wildman–Crippen LogP) is 1.61. The van der Waals surface area contributed by atoms with E-state index in [2.05, 4.69) is 14.5 Å². The molecule has 0 aliphatic rings. The smallest absolute Gasteiger partial charge is 0.495 e. The number of nitrogens with zero attached hydrogens (tertiary/aromatic N) is 2. The Balaban J connectivity index is 3.35. The van der Waals surface area contributed by atoms with E-state index in [1.165, 1.54) is 0 Å². The summed E-state index contributed by atoms with van der Waals surface area (Å²) in [5.41, 5.74) is -1.33. The molecule has 0 saturated heterocycles. The summed E-state index contributed by atoms with van der Waals surface area (Å²) >= 11 is 0. The van der Waals surface area contributed by atoms with E-state index in [9.17, 15) is 28.1 Å².